The first kappa shape index (κ1) is 21.7. The fourth-order valence-corrected chi connectivity index (χ4v) is 4.16. The van der Waals surface area contributed by atoms with Crippen molar-refractivity contribution in [2.24, 2.45) is 5.92 Å². The van der Waals surface area contributed by atoms with Gasteiger partial charge in [0.15, 0.2) is 11.6 Å². The molecule has 1 aliphatic carbocycles. The lowest BCUT2D eigenvalue weighted by Gasteiger charge is -2.29. The van der Waals surface area contributed by atoms with Crippen LogP contribution >= 0.6 is 0 Å². The summed E-state index contributed by atoms with van der Waals surface area (Å²) in [6.07, 6.45) is 6.13. The van der Waals surface area contributed by atoms with Gasteiger partial charge >= 0.3 is 6.11 Å². The number of benzene rings is 2. The van der Waals surface area contributed by atoms with Crippen molar-refractivity contribution in [3.63, 3.8) is 0 Å². The first-order valence-electron chi connectivity index (χ1n) is 10.5. The van der Waals surface area contributed by atoms with Crippen molar-refractivity contribution in [1.82, 2.24) is 0 Å². The van der Waals surface area contributed by atoms with E-state index in [2.05, 4.69) is 6.92 Å². The van der Waals surface area contributed by atoms with E-state index in [0.717, 1.165) is 30.4 Å². The highest BCUT2D eigenvalue weighted by molar-refractivity contribution is 5.31. The second-order valence-corrected chi connectivity index (χ2v) is 8.03. The minimum Gasteiger partial charge on any atom is -0.429 e. The van der Waals surface area contributed by atoms with E-state index >= 15 is 0 Å². The standard InChI is InChI=1S/C24H28F4O/c1-2-3-4-5-17-6-8-18(9-7-17)19-10-13-21(14-11-19)29-24(27,28)20-12-15-22(25)23(26)16-20/h10-18H,2-9H2,1H3. The number of hydrogen-bond donors (Lipinski definition) is 0. The average Bonchev–Trinajstić information content (AvgIpc) is 2.71. The maximum atomic E-state index is 14.3. The fraction of sp³-hybridized carbons (Fsp3) is 0.500. The molecule has 0 bridgehead atoms. The van der Waals surface area contributed by atoms with Gasteiger partial charge in [-0.05, 0) is 73.4 Å². The van der Waals surface area contributed by atoms with Gasteiger partial charge in [-0.3, -0.25) is 0 Å². The molecule has 2 aromatic carbocycles. The van der Waals surface area contributed by atoms with Gasteiger partial charge in [0, 0.05) is 0 Å². The molecule has 0 heterocycles. The lowest BCUT2D eigenvalue weighted by Crippen LogP contribution is -2.22. The number of unbranched alkanes of at least 4 members (excludes halogenated alkanes) is 2. The summed E-state index contributed by atoms with van der Waals surface area (Å²) in [4.78, 5) is 0. The van der Waals surface area contributed by atoms with Crippen LogP contribution in [0.3, 0.4) is 0 Å². The smallest absolute Gasteiger partial charge is 0.426 e. The van der Waals surface area contributed by atoms with Gasteiger partial charge in [0.05, 0.1) is 5.56 Å². The summed E-state index contributed by atoms with van der Waals surface area (Å²) < 4.78 is 59.5. The predicted molar refractivity (Wildman–Crippen MR) is 106 cm³/mol. The quantitative estimate of drug-likeness (QED) is 0.318. The molecule has 1 fully saturated rings. The number of rotatable bonds is 8. The third-order valence-electron chi connectivity index (χ3n) is 5.92. The molecule has 5 heteroatoms. The van der Waals surface area contributed by atoms with Crippen molar-refractivity contribution in [3.05, 3.63) is 65.2 Å². The molecule has 0 N–H and O–H groups in total. The zero-order valence-corrected chi connectivity index (χ0v) is 16.8. The Morgan fingerprint density at radius 3 is 2.21 bits per heavy atom. The van der Waals surface area contributed by atoms with Crippen LogP contribution in [0.25, 0.3) is 0 Å². The molecule has 0 aliphatic heterocycles. The van der Waals surface area contributed by atoms with E-state index < -0.39 is 23.3 Å². The van der Waals surface area contributed by atoms with Crippen molar-refractivity contribution in [1.29, 1.82) is 0 Å². The number of hydrogen-bond acceptors (Lipinski definition) is 1. The molecule has 29 heavy (non-hydrogen) atoms. The van der Waals surface area contributed by atoms with E-state index in [1.807, 2.05) is 12.1 Å². The Morgan fingerprint density at radius 1 is 0.897 bits per heavy atom. The maximum absolute atomic E-state index is 14.3. The molecule has 0 spiro atoms. The molecule has 0 unspecified atom stereocenters. The number of ether oxygens (including phenoxy) is 1. The molecule has 0 atom stereocenters. The highest BCUT2D eigenvalue weighted by Gasteiger charge is 2.35. The van der Waals surface area contributed by atoms with E-state index in [4.69, 9.17) is 4.74 Å². The van der Waals surface area contributed by atoms with E-state index in [1.165, 1.54) is 50.7 Å². The van der Waals surface area contributed by atoms with E-state index in [0.29, 0.717) is 18.1 Å². The molecule has 3 rings (SSSR count). The summed E-state index contributed by atoms with van der Waals surface area (Å²) in [5.74, 6) is -1.23. The SMILES string of the molecule is CCCCCC1CCC(c2ccc(OC(F)(F)c3ccc(F)c(F)c3)cc2)CC1. The lowest BCUT2D eigenvalue weighted by atomic mass is 9.77. The summed E-state index contributed by atoms with van der Waals surface area (Å²) in [6, 6.07) is 8.67. The normalized spacial score (nSPS) is 19.9. The second-order valence-electron chi connectivity index (χ2n) is 8.03. The minimum atomic E-state index is -3.74. The fourth-order valence-electron chi connectivity index (χ4n) is 4.16. The van der Waals surface area contributed by atoms with Gasteiger partial charge < -0.3 is 4.74 Å². The Morgan fingerprint density at radius 2 is 1.59 bits per heavy atom. The monoisotopic (exact) mass is 408 g/mol. The second kappa shape index (κ2) is 9.64. The van der Waals surface area contributed by atoms with Gasteiger partial charge in [0.25, 0.3) is 0 Å². The van der Waals surface area contributed by atoms with Crippen molar-refractivity contribution in [2.45, 2.75) is 70.3 Å². The number of alkyl halides is 2. The minimum absolute atomic E-state index is 0.00302. The number of halogens is 4. The van der Waals surface area contributed by atoms with Crippen molar-refractivity contribution in [3.8, 4) is 5.75 Å². The van der Waals surface area contributed by atoms with Crippen molar-refractivity contribution in [2.75, 3.05) is 0 Å². The first-order valence-corrected chi connectivity index (χ1v) is 10.5. The molecular weight excluding hydrogens is 380 g/mol. The van der Waals surface area contributed by atoms with Gasteiger partial charge in [0.1, 0.15) is 5.75 Å². The van der Waals surface area contributed by atoms with Crippen molar-refractivity contribution >= 4 is 0 Å². The van der Waals surface area contributed by atoms with Crippen LogP contribution in [0.2, 0.25) is 0 Å². The van der Waals surface area contributed by atoms with Crippen LogP contribution < -0.4 is 4.74 Å². The van der Waals surface area contributed by atoms with Crippen LogP contribution in [0, 0.1) is 17.6 Å². The molecule has 1 saturated carbocycles. The van der Waals surface area contributed by atoms with Crippen LogP contribution in [-0.4, -0.2) is 0 Å². The van der Waals surface area contributed by atoms with Crippen LogP contribution in [0.15, 0.2) is 42.5 Å². The Labute approximate surface area is 170 Å². The Hall–Kier alpha value is -2.04. The highest BCUT2D eigenvalue weighted by atomic mass is 19.3. The van der Waals surface area contributed by atoms with E-state index in [1.54, 1.807) is 0 Å². The molecular formula is C24H28F4O. The molecule has 158 valence electrons. The van der Waals surface area contributed by atoms with E-state index in [-0.39, 0.29) is 5.75 Å². The zero-order valence-electron chi connectivity index (χ0n) is 16.8. The Balaban J connectivity index is 1.57. The summed E-state index contributed by atoms with van der Waals surface area (Å²) in [5.41, 5.74) is 0.419. The van der Waals surface area contributed by atoms with Crippen LogP contribution in [-0.2, 0) is 6.11 Å². The van der Waals surface area contributed by atoms with E-state index in [9.17, 15) is 17.6 Å². The molecule has 0 aromatic heterocycles. The first-order chi connectivity index (χ1) is 13.9. The van der Waals surface area contributed by atoms with Gasteiger partial charge in [-0.2, -0.15) is 8.78 Å². The van der Waals surface area contributed by atoms with Gasteiger partial charge in [-0.15, -0.1) is 0 Å². The molecule has 0 saturated heterocycles. The summed E-state index contributed by atoms with van der Waals surface area (Å²) in [7, 11) is 0. The largest absolute Gasteiger partial charge is 0.429 e. The van der Waals surface area contributed by atoms with Gasteiger partial charge in [-0.1, -0.05) is 44.7 Å². The van der Waals surface area contributed by atoms with Crippen LogP contribution in [0.4, 0.5) is 17.6 Å². The third kappa shape index (κ3) is 5.74. The molecule has 0 radical (unpaired) electrons. The van der Waals surface area contributed by atoms with Crippen LogP contribution in [0.5, 0.6) is 5.75 Å². The van der Waals surface area contributed by atoms with Crippen LogP contribution in [0.1, 0.15) is 75.3 Å². The molecule has 1 aliphatic rings. The zero-order chi connectivity index (χ0) is 20.9. The average molecular weight is 408 g/mol. The summed E-state index contributed by atoms with van der Waals surface area (Å²) >= 11 is 0. The lowest BCUT2D eigenvalue weighted by molar-refractivity contribution is -0.185. The highest BCUT2D eigenvalue weighted by Crippen LogP contribution is 2.39. The topological polar surface area (TPSA) is 9.23 Å². The summed E-state index contributed by atoms with van der Waals surface area (Å²) in [5, 5.41) is 0. The third-order valence-corrected chi connectivity index (χ3v) is 5.92. The van der Waals surface area contributed by atoms with Crippen molar-refractivity contribution < 1.29 is 22.3 Å². The maximum Gasteiger partial charge on any atom is 0.426 e. The Kier molecular flexibility index (Phi) is 7.20. The molecule has 2 aromatic rings. The van der Waals surface area contributed by atoms with Gasteiger partial charge in [-0.25, -0.2) is 8.78 Å². The summed E-state index contributed by atoms with van der Waals surface area (Å²) in [6.45, 7) is 2.22. The van der Waals surface area contributed by atoms with Gasteiger partial charge in [0.2, 0.25) is 0 Å². The predicted octanol–water partition coefficient (Wildman–Crippen LogP) is 7.95. The molecule has 0 amide bonds. The molecule has 1 nitrogen and oxygen atoms in total. The Bertz CT molecular complexity index is 780.